The summed E-state index contributed by atoms with van der Waals surface area (Å²) in [7, 11) is -2.62. The van der Waals surface area contributed by atoms with Crippen LogP contribution in [0.15, 0.2) is 60.7 Å². The number of rotatable bonds is 7. The van der Waals surface area contributed by atoms with Gasteiger partial charge in [-0.05, 0) is 15.4 Å². The molecule has 2 rings (SSSR count). The zero-order valence-electron chi connectivity index (χ0n) is 15.6. The highest BCUT2D eigenvalue weighted by Crippen LogP contribution is 2.37. The molecule has 0 radical (unpaired) electrons. The number of hydrogen-bond donors (Lipinski definition) is 1. The number of halogens is 1. The van der Waals surface area contributed by atoms with Gasteiger partial charge in [0.1, 0.15) is 6.17 Å². The van der Waals surface area contributed by atoms with Gasteiger partial charge in [-0.3, -0.25) is 0 Å². The lowest BCUT2D eigenvalue weighted by Gasteiger charge is -2.43. The molecule has 0 bridgehead atoms. The first kappa shape index (κ1) is 19.8. The Hall–Kier alpha value is -1.49. The Balaban J connectivity index is 2.53. The molecule has 0 aromatic heterocycles. The van der Waals surface area contributed by atoms with Crippen LogP contribution in [0.1, 0.15) is 27.7 Å². The quantitative estimate of drug-likeness (QED) is 0.766. The summed E-state index contributed by atoms with van der Waals surface area (Å²) in [5.41, 5.74) is 0. The minimum absolute atomic E-state index is 0.125. The first-order valence-electron chi connectivity index (χ1n) is 8.83. The minimum Gasteiger partial charge on any atom is -0.407 e. The maximum Gasteiger partial charge on any atom is 0.261 e. The number of hydrogen-bond acceptors (Lipinski definition) is 2. The Labute approximate surface area is 151 Å². The molecule has 136 valence electrons. The second kappa shape index (κ2) is 8.26. The summed E-state index contributed by atoms with van der Waals surface area (Å²) < 4.78 is 20.5. The van der Waals surface area contributed by atoms with Gasteiger partial charge in [-0.25, -0.2) is 4.39 Å². The zero-order valence-corrected chi connectivity index (χ0v) is 16.6. The number of aliphatic hydroxyl groups is 1. The predicted molar refractivity (Wildman–Crippen MR) is 105 cm³/mol. The van der Waals surface area contributed by atoms with Crippen LogP contribution in [0.2, 0.25) is 5.04 Å². The fraction of sp³-hybridized carbons (Fsp3) is 0.429. The van der Waals surface area contributed by atoms with Gasteiger partial charge in [0.15, 0.2) is 0 Å². The van der Waals surface area contributed by atoms with E-state index in [1.54, 1.807) is 6.92 Å². The summed E-state index contributed by atoms with van der Waals surface area (Å²) in [6, 6.07) is 20.6. The fourth-order valence-electron chi connectivity index (χ4n) is 3.30. The molecular weight excluding hydrogens is 331 g/mol. The molecule has 0 aliphatic heterocycles. The average molecular weight is 361 g/mol. The summed E-state index contributed by atoms with van der Waals surface area (Å²) in [4.78, 5) is 0. The van der Waals surface area contributed by atoms with Gasteiger partial charge in [-0.1, -0.05) is 88.4 Å². The number of alkyl halides is 1. The lowest BCUT2D eigenvalue weighted by molar-refractivity contribution is 0.0996. The second-order valence-electron chi connectivity index (χ2n) is 7.65. The van der Waals surface area contributed by atoms with E-state index in [4.69, 9.17) is 9.53 Å². The van der Waals surface area contributed by atoms with E-state index in [1.165, 1.54) is 10.4 Å². The maximum absolute atomic E-state index is 13.9. The molecule has 2 atom stereocenters. The third-order valence-electron chi connectivity index (χ3n) is 4.77. The molecule has 0 spiro atoms. The van der Waals surface area contributed by atoms with E-state index in [2.05, 4.69) is 45.0 Å². The molecule has 0 saturated carbocycles. The topological polar surface area (TPSA) is 29.5 Å². The van der Waals surface area contributed by atoms with E-state index in [0.29, 0.717) is 0 Å². The van der Waals surface area contributed by atoms with Gasteiger partial charge in [0.25, 0.3) is 8.32 Å². The highest BCUT2D eigenvalue weighted by Gasteiger charge is 2.50. The zero-order chi connectivity index (χ0) is 18.5. The van der Waals surface area contributed by atoms with Crippen molar-refractivity contribution in [2.75, 3.05) is 13.2 Å². The molecule has 4 heteroatoms. The van der Waals surface area contributed by atoms with Gasteiger partial charge >= 0.3 is 0 Å². The van der Waals surface area contributed by atoms with Crippen molar-refractivity contribution in [1.82, 2.24) is 0 Å². The molecule has 2 nitrogen and oxygen atoms in total. The van der Waals surface area contributed by atoms with Gasteiger partial charge in [-0.2, -0.15) is 0 Å². The van der Waals surface area contributed by atoms with Crippen LogP contribution in [-0.2, 0) is 4.43 Å². The second-order valence-corrected chi connectivity index (χ2v) is 12.0. The summed E-state index contributed by atoms with van der Waals surface area (Å²) in [5.74, 6) is -0.355. The van der Waals surface area contributed by atoms with Crippen molar-refractivity contribution in [1.29, 1.82) is 0 Å². The molecule has 0 fully saturated rings. The Morgan fingerprint density at radius 1 is 0.960 bits per heavy atom. The van der Waals surface area contributed by atoms with Crippen molar-refractivity contribution in [3.8, 4) is 0 Å². The van der Waals surface area contributed by atoms with Gasteiger partial charge in [0.05, 0.1) is 6.61 Å². The van der Waals surface area contributed by atoms with E-state index in [1.807, 2.05) is 36.4 Å². The molecule has 0 aliphatic rings. The van der Waals surface area contributed by atoms with Crippen LogP contribution in [0.5, 0.6) is 0 Å². The third-order valence-corrected chi connectivity index (χ3v) is 9.78. The molecule has 2 aromatic rings. The Bertz CT molecular complexity index is 600. The molecule has 0 aliphatic carbocycles. The molecule has 0 amide bonds. The predicted octanol–water partition coefficient (Wildman–Crippen LogP) is 3.53. The van der Waals surface area contributed by atoms with Crippen molar-refractivity contribution in [3.05, 3.63) is 60.7 Å². The lowest BCUT2D eigenvalue weighted by atomic mass is 10.1. The van der Waals surface area contributed by atoms with Crippen LogP contribution < -0.4 is 10.4 Å². The summed E-state index contributed by atoms with van der Waals surface area (Å²) in [5, 5.41) is 11.3. The molecule has 1 N–H and O–H groups in total. The van der Waals surface area contributed by atoms with Crippen LogP contribution in [0.4, 0.5) is 4.39 Å². The number of benzene rings is 2. The molecule has 2 aromatic carbocycles. The fourth-order valence-corrected chi connectivity index (χ4v) is 7.97. The van der Waals surface area contributed by atoms with Crippen LogP contribution in [-0.4, -0.2) is 32.8 Å². The van der Waals surface area contributed by atoms with Crippen LogP contribution in [0, 0.1) is 5.92 Å². The SMILES string of the molecule is C[C@H](CO[Si](c1ccccc1)(c1ccccc1)C(C)(C)C)[C@@H](F)CO. The summed E-state index contributed by atoms with van der Waals surface area (Å²) >= 11 is 0. The van der Waals surface area contributed by atoms with Gasteiger partial charge in [0, 0.05) is 12.5 Å². The first-order valence-corrected chi connectivity index (χ1v) is 10.7. The monoisotopic (exact) mass is 360 g/mol. The van der Waals surface area contributed by atoms with Crippen molar-refractivity contribution in [2.45, 2.75) is 38.9 Å². The Morgan fingerprint density at radius 3 is 1.76 bits per heavy atom. The Morgan fingerprint density at radius 2 is 1.40 bits per heavy atom. The molecule has 25 heavy (non-hydrogen) atoms. The largest absolute Gasteiger partial charge is 0.407 e. The third kappa shape index (κ3) is 4.19. The minimum atomic E-state index is -2.62. The average Bonchev–Trinajstić information content (AvgIpc) is 2.62. The summed E-state index contributed by atoms with van der Waals surface area (Å²) in [6.45, 7) is 8.20. The Kier molecular flexibility index (Phi) is 6.55. The highest BCUT2D eigenvalue weighted by molar-refractivity contribution is 6.99. The van der Waals surface area contributed by atoms with Crippen LogP contribution >= 0.6 is 0 Å². The van der Waals surface area contributed by atoms with E-state index in [-0.39, 0.29) is 17.6 Å². The lowest BCUT2D eigenvalue weighted by Crippen LogP contribution is -2.67. The number of aliphatic hydroxyl groups excluding tert-OH is 1. The van der Waals surface area contributed by atoms with E-state index < -0.39 is 21.1 Å². The summed E-state index contributed by atoms with van der Waals surface area (Å²) in [6.07, 6.45) is -1.27. The maximum atomic E-state index is 13.9. The van der Waals surface area contributed by atoms with Gasteiger partial charge in [0.2, 0.25) is 0 Å². The van der Waals surface area contributed by atoms with Crippen LogP contribution in [0.25, 0.3) is 0 Å². The molecule has 0 saturated heterocycles. The highest BCUT2D eigenvalue weighted by atomic mass is 28.4. The molecule has 0 unspecified atom stereocenters. The van der Waals surface area contributed by atoms with E-state index >= 15 is 0 Å². The molecular formula is C21H29FO2Si. The standard InChI is InChI=1S/C21H29FO2Si/c1-17(20(22)15-23)16-24-25(21(2,3)4,18-11-7-5-8-12-18)19-13-9-6-10-14-19/h5-14,17,20,23H,15-16H2,1-4H3/t17-,20+/m1/s1. The van der Waals surface area contributed by atoms with E-state index in [0.717, 1.165) is 0 Å². The van der Waals surface area contributed by atoms with Crippen molar-refractivity contribution >= 4 is 18.7 Å². The normalized spacial score (nSPS) is 15.0. The van der Waals surface area contributed by atoms with Crippen LogP contribution in [0.3, 0.4) is 0 Å². The van der Waals surface area contributed by atoms with Crippen molar-refractivity contribution in [3.63, 3.8) is 0 Å². The van der Waals surface area contributed by atoms with Crippen molar-refractivity contribution in [2.24, 2.45) is 5.92 Å². The van der Waals surface area contributed by atoms with Gasteiger partial charge in [-0.15, -0.1) is 0 Å². The van der Waals surface area contributed by atoms with Crippen molar-refractivity contribution < 1.29 is 13.9 Å². The molecule has 0 heterocycles. The van der Waals surface area contributed by atoms with E-state index in [9.17, 15) is 4.39 Å². The first-order chi connectivity index (χ1) is 11.8. The smallest absolute Gasteiger partial charge is 0.261 e. The van der Waals surface area contributed by atoms with Gasteiger partial charge < -0.3 is 9.53 Å².